The number of hydrogen-bond acceptors (Lipinski definition) is 4. The molecule has 0 radical (unpaired) electrons. The Kier molecular flexibility index (Phi) is 3.36. The van der Waals surface area contributed by atoms with Crippen LogP contribution in [0.25, 0.3) is 0 Å². The Hall–Kier alpha value is -1.52. The molecule has 88 valence electrons. The van der Waals surface area contributed by atoms with E-state index in [1.54, 1.807) is 0 Å². The number of anilines is 3. The first-order valence-electron chi connectivity index (χ1n) is 4.88. The molecule has 0 spiro atoms. The molecule has 6 heteroatoms. The average Bonchev–Trinajstić information content (AvgIpc) is 2.30. The van der Waals surface area contributed by atoms with E-state index in [0.29, 0.717) is 15.9 Å². The van der Waals surface area contributed by atoms with E-state index in [4.69, 9.17) is 28.9 Å². The highest BCUT2D eigenvalue weighted by atomic mass is 35.5. The molecule has 2 rings (SSSR count). The van der Waals surface area contributed by atoms with E-state index < -0.39 is 0 Å². The van der Waals surface area contributed by atoms with Crippen molar-refractivity contribution >= 4 is 40.7 Å². The van der Waals surface area contributed by atoms with Crippen molar-refractivity contribution in [3.8, 4) is 0 Å². The molecule has 0 saturated heterocycles. The van der Waals surface area contributed by atoms with Gasteiger partial charge in [0.2, 0.25) is 5.95 Å². The largest absolute Gasteiger partial charge is 0.368 e. The Morgan fingerprint density at radius 2 is 2.06 bits per heavy atom. The van der Waals surface area contributed by atoms with E-state index in [-0.39, 0.29) is 5.95 Å². The Morgan fingerprint density at radius 3 is 2.82 bits per heavy atom. The maximum Gasteiger partial charge on any atom is 0.222 e. The SMILES string of the molecule is Cc1cccc(Nc2nc(N)ncc2Cl)c1Cl. The van der Waals surface area contributed by atoms with Crippen molar-refractivity contribution in [3.05, 3.63) is 40.0 Å². The zero-order chi connectivity index (χ0) is 12.4. The minimum atomic E-state index is 0.153. The molecule has 4 nitrogen and oxygen atoms in total. The van der Waals surface area contributed by atoms with Gasteiger partial charge in [-0.1, -0.05) is 35.3 Å². The molecule has 0 atom stereocenters. The van der Waals surface area contributed by atoms with Crippen LogP contribution >= 0.6 is 23.2 Å². The summed E-state index contributed by atoms with van der Waals surface area (Å²) < 4.78 is 0. The van der Waals surface area contributed by atoms with Crippen LogP contribution in [-0.2, 0) is 0 Å². The van der Waals surface area contributed by atoms with Crippen LogP contribution in [-0.4, -0.2) is 9.97 Å². The van der Waals surface area contributed by atoms with Crippen LogP contribution < -0.4 is 11.1 Å². The van der Waals surface area contributed by atoms with E-state index in [9.17, 15) is 0 Å². The Morgan fingerprint density at radius 1 is 1.29 bits per heavy atom. The molecular formula is C11H10Cl2N4. The maximum atomic E-state index is 6.16. The first-order valence-corrected chi connectivity index (χ1v) is 5.63. The Balaban J connectivity index is 2.38. The summed E-state index contributed by atoms with van der Waals surface area (Å²) in [4.78, 5) is 7.79. The van der Waals surface area contributed by atoms with Gasteiger partial charge in [0.05, 0.1) is 16.9 Å². The smallest absolute Gasteiger partial charge is 0.222 e. The van der Waals surface area contributed by atoms with E-state index >= 15 is 0 Å². The molecule has 0 bridgehead atoms. The van der Waals surface area contributed by atoms with Crippen LogP contribution in [0.4, 0.5) is 17.5 Å². The number of aromatic nitrogens is 2. The topological polar surface area (TPSA) is 63.8 Å². The van der Waals surface area contributed by atoms with Gasteiger partial charge >= 0.3 is 0 Å². The highest BCUT2D eigenvalue weighted by molar-refractivity contribution is 6.35. The van der Waals surface area contributed by atoms with Gasteiger partial charge in [-0.3, -0.25) is 0 Å². The summed E-state index contributed by atoms with van der Waals surface area (Å²) >= 11 is 12.1. The molecule has 0 amide bonds. The quantitative estimate of drug-likeness (QED) is 0.876. The van der Waals surface area contributed by atoms with Crippen LogP contribution in [0.5, 0.6) is 0 Å². The Labute approximate surface area is 109 Å². The van der Waals surface area contributed by atoms with Crippen molar-refractivity contribution in [1.29, 1.82) is 0 Å². The predicted octanol–water partition coefficient (Wildman–Crippen LogP) is 3.42. The molecule has 0 unspecified atom stereocenters. The van der Waals surface area contributed by atoms with Gasteiger partial charge in [0.25, 0.3) is 0 Å². The molecule has 1 heterocycles. The highest BCUT2D eigenvalue weighted by Gasteiger charge is 2.07. The van der Waals surface area contributed by atoms with Crippen molar-refractivity contribution < 1.29 is 0 Å². The first kappa shape index (κ1) is 12.0. The van der Waals surface area contributed by atoms with Crippen molar-refractivity contribution in [3.63, 3.8) is 0 Å². The van der Waals surface area contributed by atoms with E-state index in [1.165, 1.54) is 6.20 Å². The molecule has 0 saturated carbocycles. The van der Waals surface area contributed by atoms with Crippen molar-refractivity contribution in [2.24, 2.45) is 0 Å². The normalized spacial score (nSPS) is 10.3. The molecular weight excluding hydrogens is 259 g/mol. The molecule has 17 heavy (non-hydrogen) atoms. The van der Waals surface area contributed by atoms with Crippen molar-refractivity contribution in [2.45, 2.75) is 6.92 Å². The van der Waals surface area contributed by atoms with E-state index in [0.717, 1.165) is 11.3 Å². The molecule has 1 aromatic heterocycles. The van der Waals surface area contributed by atoms with Crippen LogP contribution in [0.1, 0.15) is 5.56 Å². The number of aryl methyl sites for hydroxylation is 1. The molecule has 1 aromatic carbocycles. The molecule has 0 aliphatic rings. The van der Waals surface area contributed by atoms with Gasteiger partial charge in [-0.2, -0.15) is 4.98 Å². The van der Waals surface area contributed by atoms with E-state index in [2.05, 4.69) is 15.3 Å². The number of nitrogens with zero attached hydrogens (tertiary/aromatic N) is 2. The minimum absolute atomic E-state index is 0.153. The third kappa shape index (κ3) is 2.60. The lowest BCUT2D eigenvalue weighted by molar-refractivity contribution is 1.18. The second-order valence-corrected chi connectivity index (χ2v) is 4.27. The third-order valence-electron chi connectivity index (χ3n) is 2.21. The number of nitrogens with one attached hydrogen (secondary N) is 1. The van der Waals surface area contributed by atoms with Crippen LogP contribution in [0.3, 0.4) is 0 Å². The van der Waals surface area contributed by atoms with E-state index in [1.807, 2.05) is 25.1 Å². The zero-order valence-electron chi connectivity index (χ0n) is 9.04. The summed E-state index contributed by atoms with van der Waals surface area (Å²) in [5.74, 6) is 0.590. The van der Waals surface area contributed by atoms with Crippen LogP contribution in [0.15, 0.2) is 24.4 Å². The number of nitrogens with two attached hydrogens (primary N) is 1. The first-order chi connectivity index (χ1) is 8.08. The summed E-state index contributed by atoms with van der Waals surface area (Å²) in [6.07, 6.45) is 1.44. The van der Waals surface area contributed by atoms with Gasteiger partial charge in [-0.05, 0) is 18.6 Å². The number of halogens is 2. The molecule has 0 aliphatic heterocycles. The maximum absolute atomic E-state index is 6.16. The van der Waals surface area contributed by atoms with Gasteiger partial charge in [0, 0.05) is 0 Å². The molecule has 3 N–H and O–H groups in total. The fourth-order valence-electron chi connectivity index (χ4n) is 1.34. The average molecular weight is 269 g/mol. The molecule has 2 aromatic rings. The van der Waals surface area contributed by atoms with Crippen molar-refractivity contribution in [2.75, 3.05) is 11.1 Å². The highest BCUT2D eigenvalue weighted by Crippen LogP contribution is 2.30. The summed E-state index contributed by atoms with van der Waals surface area (Å²) in [6, 6.07) is 5.65. The van der Waals surface area contributed by atoms with Gasteiger partial charge < -0.3 is 11.1 Å². The lowest BCUT2D eigenvalue weighted by Crippen LogP contribution is -2.01. The van der Waals surface area contributed by atoms with Gasteiger partial charge in [-0.15, -0.1) is 0 Å². The van der Waals surface area contributed by atoms with Crippen LogP contribution in [0, 0.1) is 6.92 Å². The lowest BCUT2D eigenvalue weighted by Gasteiger charge is -2.10. The van der Waals surface area contributed by atoms with Gasteiger partial charge in [0.1, 0.15) is 5.02 Å². The molecule has 0 fully saturated rings. The summed E-state index contributed by atoms with van der Waals surface area (Å²) in [5, 5.41) is 4.04. The van der Waals surface area contributed by atoms with Gasteiger partial charge in [-0.25, -0.2) is 4.98 Å². The predicted molar refractivity (Wildman–Crippen MR) is 70.9 cm³/mol. The monoisotopic (exact) mass is 268 g/mol. The second-order valence-electron chi connectivity index (χ2n) is 3.49. The third-order valence-corrected chi connectivity index (χ3v) is 2.99. The minimum Gasteiger partial charge on any atom is -0.368 e. The fourth-order valence-corrected chi connectivity index (χ4v) is 1.65. The molecule has 0 aliphatic carbocycles. The zero-order valence-corrected chi connectivity index (χ0v) is 10.5. The Bertz CT molecular complexity index is 557. The van der Waals surface area contributed by atoms with Crippen molar-refractivity contribution in [1.82, 2.24) is 9.97 Å². The standard InChI is InChI=1S/C11H10Cl2N4/c1-6-3-2-4-8(9(6)13)16-10-7(12)5-15-11(14)17-10/h2-5H,1H3,(H3,14,15,16,17). The number of nitrogen functional groups attached to an aromatic ring is 1. The van der Waals surface area contributed by atoms with Crippen LogP contribution in [0.2, 0.25) is 10.0 Å². The number of benzene rings is 1. The second kappa shape index (κ2) is 4.77. The number of hydrogen-bond donors (Lipinski definition) is 2. The lowest BCUT2D eigenvalue weighted by atomic mass is 10.2. The summed E-state index contributed by atoms with van der Waals surface area (Å²) in [7, 11) is 0. The number of rotatable bonds is 2. The fraction of sp³-hybridized carbons (Fsp3) is 0.0909. The van der Waals surface area contributed by atoms with Gasteiger partial charge in [0.15, 0.2) is 5.82 Å². The summed E-state index contributed by atoms with van der Waals surface area (Å²) in [6.45, 7) is 1.92. The summed E-state index contributed by atoms with van der Waals surface area (Å²) in [5.41, 5.74) is 7.19.